The molecule has 10 heteroatoms. The number of carbonyl (C=O) groups excluding carboxylic acids is 2. The molecule has 1 aliphatic rings. The van der Waals surface area contributed by atoms with Crippen molar-refractivity contribution in [1.29, 1.82) is 5.26 Å². The number of fused-ring (bicyclic) bond motifs is 1. The van der Waals surface area contributed by atoms with Crippen molar-refractivity contribution in [2.45, 2.75) is 25.5 Å². The van der Waals surface area contributed by atoms with Crippen LogP contribution in [0.4, 0.5) is 4.79 Å². The molecule has 0 aliphatic carbocycles. The standard InChI is InChI=1S/C21H19ClN6O3/c22-16-8-13(11-23)7-14(9-16)12-31-21(30)28-5-3-17(4-6-28)24-20(29)15-1-2-18-19(10-15)26-27-25-18/h1-2,7-10,17H,3-6,12H2,(H,24,29)(H,25,26,27). The summed E-state index contributed by atoms with van der Waals surface area (Å²) in [6, 6.07) is 12.0. The van der Waals surface area contributed by atoms with Crippen molar-refractivity contribution < 1.29 is 14.3 Å². The van der Waals surface area contributed by atoms with Gasteiger partial charge in [-0.1, -0.05) is 11.6 Å². The van der Waals surface area contributed by atoms with Crippen molar-refractivity contribution in [2.24, 2.45) is 0 Å². The number of amides is 2. The number of likely N-dealkylation sites (tertiary alicyclic amines) is 1. The van der Waals surface area contributed by atoms with E-state index in [2.05, 4.69) is 20.7 Å². The van der Waals surface area contributed by atoms with E-state index in [1.54, 1.807) is 41.3 Å². The molecule has 1 fully saturated rings. The van der Waals surface area contributed by atoms with Gasteiger partial charge in [-0.05, 0) is 54.8 Å². The number of H-pyrrole nitrogens is 1. The van der Waals surface area contributed by atoms with Gasteiger partial charge in [0.25, 0.3) is 5.91 Å². The Balaban J connectivity index is 1.26. The number of benzene rings is 2. The quantitative estimate of drug-likeness (QED) is 0.645. The third kappa shape index (κ3) is 4.92. The van der Waals surface area contributed by atoms with Crippen LogP contribution in [-0.2, 0) is 11.3 Å². The molecule has 9 nitrogen and oxygen atoms in total. The van der Waals surface area contributed by atoms with Crippen molar-refractivity contribution in [3.63, 3.8) is 0 Å². The van der Waals surface area contributed by atoms with Crippen LogP contribution in [0, 0.1) is 11.3 Å². The van der Waals surface area contributed by atoms with Crippen LogP contribution >= 0.6 is 11.6 Å². The maximum atomic E-state index is 12.5. The third-order valence-electron chi connectivity index (χ3n) is 5.12. The number of hydrogen-bond donors (Lipinski definition) is 2. The van der Waals surface area contributed by atoms with Crippen LogP contribution in [0.2, 0.25) is 5.02 Å². The van der Waals surface area contributed by atoms with Gasteiger partial charge >= 0.3 is 6.09 Å². The first-order valence-corrected chi connectivity index (χ1v) is 10.1. The summed E-state index contributed by atoms with van der Waals surface area (Å²) in [7, 11) is 0. The molecule has 2 N–H and O–H groups in total. The molecule has 0 atom stereocenters. The van der Waals surface area contributed by atoms with Crippen molar-refractivity contribution >= 4 is 34.6 Å². The Labute approximate surface area is 182 Å². The number of ether oxygens (including phenoxy) is 1. The SMILES string of the molecule is N#Cc1cc(Cl)cc(COC(=O)N2CCC(NC(=O)c3ccc4n[nH]nc4c3)CC2)c1. The number of aromatic nitrogens is 3. The third-order valence-corrected chi connectivity index (χ3v) is 5.33. The Morgan fingerprint density at radius 2 is 1.97 bits per heavy atom. The summed E-state index contributed by atoms with van der Waals surface area (Å²) < 4.78 is 5.36. The highest BCUT2D eigenvalue weighted by molar-refractivity contribution is 6.30. The van der Waals surface area contributed by atoms with Crippen molar-refractivity contribution in [3.05, 3.63) is 58.1 Å². The van der Waals surface area contributed by atoms with Gasteiger partial charge in [0.15, 0.2) is 0 Å². The fraction of sp³-hybridized carbons (Fsp3) is 0.286. The van der Waals surface area contributed by atoms with Crippen LogP contribution in [0.15, 0.2) is 36.4 Å². The zero-order chi connectivity index (χ0) is 21.8. The molecule has 1 aliphatic heterocycles. The molecule has 0 spiro atoms. The molecule has 3 aromatic rings. The van der Waals surface area contributed by atoms with Crippen molar-refractivity contribution in [2.75, 3.05) is 13.1 Å². The highest BCUT2D eigenvalue weighted by Crippen LogP contribution is 2.17. The van der Waals surface area contributed by atoms with Crippen LogP contribution in [0.1, 0.15) is 34.3 Å². The number of hydrogen-bond acceptors (Lipinski definition) is 6. The van der Waals surface area contributed by atoms with Crippen LogP contribution in [0.3, 0.4) is 0 Å². The first-order valence-electron chi connectivity index (χ1n) is 9.74. The van der Waals surface area contributed by atoms with E-state index in [0.717, 1.165) is 0 Å². The second-order valence-electron chi connectivity index (χ2n) is 7.28. The minimum Gasteiger partial charge on any atom is -0.445 e. The topological polar surface area (TPSA) is 124 Å². The van der Waals surface area contributed by atoms with Crippen LogP contribution < -0.4 is 5.32 Å². The molecule has 2 heterocycles. The predicted octanol–water partition coefficient (Wildman–Crippen LogP) is 3.01. The zero-order valence-corrected chi connectivity index (χ0v) is 17.2. The largest absolute Gasteiger partial charge is 0.445 e. The van der Waals surface area contributed by atoms with Crippen LogP contribution in [-0.4, -0.2) is 51.4 Å². The monoisotopic (exact) mass is 438 g/mol. The predicted molar refractivity (Wildman–Crippen MR) is 112 cm³/mol. The molecule has 158 valence electrons. The van der Waals surface area contributed by atoms with Gasteiger partial charge in [-0.15, -0.1) is 0 Å². The van der Waals surface area contributed by atoms with E-state index in [4.69, 9.17) is 21.6 Å². The molecule has 2 aromatic carbocycles. The molecule has 0 radical (unpaired) electrons. The highest BCUT2D eigenvalue weighted by Gasteiger charge is 2.25. The van der Waals surface area contributed by atoms with Gasteiger partial charge in [0.05, 0.1) is 11.6 Å². The zero-order valence-electron chi connectivity index (χ0n) is 16.5. The summed E-state index contributed by atoms with van der Waals surface area (Å²) in [5, 5.41) is 22.9. The van der Waals surface area contributed by atoms with Gasteiger partial charge in [0.1, 0.15) is 17.6 Å². The average Bonchev–Trinajstić information content (AvgIpc) is 3.25. The molecule has 4 rings (SSSR count). The summed E-state index contributed by atoms with van der Waals surface area (Å²) in [5.74, 6) is -0.180. The van der Waals surface area contributed by atoms with Gasteiger partial charge in [0.2, 0.25) is 0 Å². The van der Waals surface area contributed by atoms with Crippen molar-refractivity contribution in [1.82, 2.24) is 25.6 Å². The summed E-state index contributed by atoms with van der Waals surface area (Å²) in [5.41, 5.74) is 2.92. The number of nitriles is 1. The number of nitrogens with one attached hydrogen (secondary N) is 2. The molecule has 1 saturated heterocycles. The van der Waals surface area contributed by atoms with E-state index >= 15 is 0 Å². The van der Waals surface area contributed by atoms with Crippen molar-refractivity contribution in [3.8, 4) is 6.07 Å². The van der Waals surface area contributed by atoms with Gasteiger partial charge in [-0.25, -0.2) is 4.79 Å². The lowest BCUT2D eigenvalue weighted by Gasteiger charge is -2.31. The number of rotatable bonds is 4. The molecule has 2 amide bonds. The fourth-order valence-electron chi connectivity index (χ4n) is 3.49. The van der Waals surface area contributed by atoms with E-state index in [1.807, 2.05) is 6.07 Å². The first kappa shape index (κ1) is 20.6. The second kappa shape index (κ2) is 9.02. The lowest BCUT2D eigenvalue weighted by atomic mass is 10.0. The maximum Gasteiger partial charge on any atom is 0.410 e. The summed E-state index contributed by atoms with van der Waals surface area (Å²) in [6.07, 6.45) is 0.825. The molecule has 0 unspecified atom stereocenters. The second-order valence-corrected chi connectivity index (χ2v) is 7.71. The minimum absolute atomic E-state index is 0.0318. The first-order chi connectivity index (χ1) is 15.0. The summed E-state index contributed by atoms with van der Waals surface area (Å²) >= 11 is 5.97. The van der Waals surface area contributed by atoms with E-state index in [-0.39, 0.29) is 18.6 Å². The van der Waals surface area contributed by atoms with Crippen LogP contribution in [0.25, 0.3) is 11.0 Å². The van der Waals surface area contributed by atoms with Gasteiger partial charge in [-0.2, -0.15) is 20.7 Å². The lowest BCUT2D eigenvalue weighted by Crippen LogP contribution is -2.46. The maximum absolute atomic E-state index is 12.5. The normalized spacial score (nSPS) is 14.3. The fourth-order valence-corrected chi connectivity index (χ4v) is 3.75. The molecule has 0 bridgehead atoms. The number of halogens is 1. The highest BCUT2D eigenvalue weighted by atomic mass is 35.5. The number of piperidine rings is 1. The number of carbonyl (C=O) groups is 2. The number of nitrogens with zero attached hydrogens (tertiary/aromatic N) is 4. The van der Waals surface area contributed by atoms with Crippen LogP contribution in [0.5, 0.6) is 0 Å². The molecule has 0 saturated carbocycles. The average molecular weight is 439 g/mol. The summed E-state index contributed by atoms with van der Waals surface area (Å²) in [4.78, 5) is 26.5. The van der Waals surface area contributed by atoms with Gasteiger partial charge in [-0.3, -0.25) is 4.79 Å². The molecular weight excluding hydrogens is 420 g/mol. The molecule has 1 aromatic heterocycles. The molecule has 31 heavy (non-hydrogen) atoms. The Hall–Kier alpha value is -3.64. The Morgan fingerprint density at radius 3 is 2.74 bits per heavy atom. The Bertz CT molecular complexity index is 1160. The minimum atomic E-state index is -0.431. The summed E-state index contributed by atoms with van der Waals surface area (Å²) in [6.45, 7) is 0.992. The number of aromatic amines is 1. The van der Waals surface area contributed by atoms with E-state index in [1.165, 1.54) is 0 Å². The van der Waals surface area contributed by atoms with Gasteiger partial charge < -0.3 is 15.0 Å². The van der Waals surface area contributed by atoms with E-state index in [9.17, 15) is 9.59 Å². The van der Waals surface area contributed by atoms with E-state index < -0.39 is 6.09 Å². The Morgan fingerprint density at radius 1 is 1.19 bits per heavy atom. The smallest absolute Gasteiger partial charge is 0.410 e. The molecular formula is C21H19ClN6O3. The van der Waals surface area contributed by atoms with Gasteiger partial charge in [0, 0.05) is 29.7 Å². The Kier molecular flexibility index (Phi) is 6.00. The lowest BCUT2D eigenvalue weighted by molar-refractivity contribution is 0.0809. The van der Waals surface area contributed by atoms with E-state index in [0.29, 0.717) is 58.7 Å².